The molecule has 0 aliphatic carbocycles. The SMILES string of the molecule is c1ccc(-c2nc(-c3ccccc3)nc(-c3ccc4oc5c(-c6ccc7oc8cccc(-c9nc(-c%10ccccc%10)nc(-c%10ccccc%10)n9)c8c7c6)cccc5c4c3)n2)cc1. The maximum absolute atomic E-state index is 6.70. The Labute approximate surface area is 354 Å². The normalized spacial score (nSPS) is 11.5. The number of fused-ring (bicyclic) bond motifs is 6. The molecule has 290 valence electrons. The predicted octanol–water partition coefficient (Wildman–Crippen LogP) is 13.5. The standard InChI is InChI=1S/C54H32N6O2/c1-5-15-33(16-6-1)49-55-50(34-17-7-2-8-18-34)58-53(57-49)38-28-30-44-42(32-38)40-24-13-23-39(48(40)62-44)37-27-29-45-43(31-37)47-41(25-14-26-46(47)61-45)54-59-51(35-19-9-3-10-20-35)56-52(60-54)36-21-11-4-12-22-36/h1-32H. The molecule has 0 unspecified atom stereocenters. The van der Waals surface area contributed by atoms with Gasteiger partial charge in [-0.1, -0.05) is 158 Å². The number of aromatic nitrogens is 6. The van der Waals surface area contributed by atoms with Crippen molar-refractivity contribution in [2.75, 3.05) is 0 Å². The second-order valence-electron chi connectivity index (χ2n) is 15.1. The van der Waals surface area contributed by atoms with Crippen molar-refractivity contribution in [1.82, 2.24) is 29.9 Å². The molecule has 12 aromatic rings. The maximum atomic E-state index is 6.70. The van der Waals surface area contributed by atoms with E-state index >= 15 is 0 Å². The smallest absolute Gasteiger partial charge is 0.164 e. The highest BCUT2D eigenvalue weighted by Crippen LogP contribution is 2.42. The first-order chi connectivity index (χ1) is 30.7. The van der Waals surface area contributed by atoms with Gasteiger partial charge in [0.05, 0.1) is 0 Å². The molecule has 0 saturated heterocycles. The van der Waals surface area contributed by atoms with E-state index in [1.165, 1.54) is 0 Å². The van der Waals surface area contributed by atoms with Crippen molar-refractivity contribution < 1.29 is 8.83 Å². The largest absolute Gasteiger partial charge is 0.456 e. The number of benzene rings is 8. The lowest BCUT2D eigenvalue weighted by Crippen LogP contribution is -2.00. The molecule has 0 spiro atoms. The van der Waals surface area contributed by atoms with Crippen molar-refractivity contribution in [3.05, 3.63) is 194 Å². The minimum absolute atomic E-state index is 0.566. The molecule has 0 bridgehead atoms. The second kappa shape index (κ2) is 14.6. The number of para-hydroxylation sites is 1. The molecule has 0 radical (unpaired) electrons. The van der Waals surface area contributed by atoms with E-state index in [1.54, 1.807) is 0 Å². The summed E-state index contributed by atoms with van der Waals surface area (Å²) in [5, 5.41) is 3.84. The lowest BCUT2D eigenvalue weighted by molar-refractivity contribution is 0.668. The number of hydrogen-bond donors (Lipinski definition) is 0. The van der Waals surface area contributed by atoms with Crippen molar-refractivity contribution in [3.8, 4) is 79.5 Å². The number of hydrogen-bond acceptors (Lipinski definition) is 8. The Hall–Kier alpha value is -8.62. The number of nitrogens with zero attached hydrogens (tertiary/aromatic N) is 6. The molecule has 8 heteroatoms. The molecule has 8 nitrogen and oxygen atoms in total. The Morgan fingerprint density at radius 1 is 0.258 bits per heavy atom. The molecule has 0 aliphatic heterocycles. The first-order valence-corrected chi connectivity index (χ1v) is 20.4. The van der Waals surface area contributed by atoms with Crippen molar-refractivity contribution in [3.63, 3.8) is 0 Å². The summed E-state index contributed by atoms with van der Waals surface area (Å²) in [6.45, 7) is 0. The Bertz CT molecular complexity index is 3510. The summed E-state index contributed by atoms with van der Waals surface area (Å²) in [6.07, 6.45) is 0. The zero-order chi connectivity index (χ0) is 41.0. The van der Waals surface area contributed by atoms with Crippen molar-refractivity contribution in [1.29, 1.82) is 0 Å². The molecule has 0 N–H and O–H groups in total. The lowest BCUT2D eigenvalue weighted by atomic mass is 9.98. The van der Waals surface area contributed by atoms with Crippen LogP contribution in [0.3, 0.4) is 0 Å². The van der Waals surface area contributed by atoms with E-state index in [0.29, 0.717) is 34.9 Å². The Morgan fingerprint density at radius 2 is 0.694 bits per heavy atom. The van der Waals surface area contributed by atoms with Gasteiger partial charge in [-0.15, -0.1) is 0 Å². The van der Waals surface area contributed by atoms with Crippen LogP contribution in [0.2, 0.25) is 0 Å². The minimum atomic E-state index is 0.566. The van der Waals surface area contributed by atoms with E-state index in [9.17, 15) is 0 Å². The topological polar surface area (TPSA) is 104 Å². The highest BCUT2D eigenvalue weighted by molar-refractivity contribution is 6.15. The predicted molar refractivity (Wildman–Crippen MR) is 246 cm³/mol. The van der Waals surface area contributed by atoms with Crippen LogP contribution in [-0.4, -0.2) is 29.9 Å². The Balaban J connectivity index is 0.990. The molecule has 0 saturated carbocycles. The molecule has 12 rings (SSSR count). The highest BCUT2D eigenvalue weighted by Gasteiger charge is 2.20. The summed E-state index contributed by atoms with van der Waals surface area (Å²) in [7, 11) is 0. The van der Waals surface area contributed by atoms with Crippen molar-refractivity contribution >= 4 is 43.9 Å². The maximum Gasteiger partial charge on any atom is 0.164 e. The van der Waals surface area contributed by atoms with Crippen LogP contribution in [0.5, 0.6) is 0 Å². The quantitative estimate of drug-likeness (QED) is 0.157. The van der Waals surface area contributed by atoms with Gasteiger partial charge in [-0.25, -0.2) is 29.9 Å². The molecular formula is C54H32N6O2. The van der Waals surface area contributed by atoms with E-state index in [4.69, 9.17) is 38.7 Å². The van der Waals surface area contributed by atoms with Gasteiger partial charge in [0.25, 0.3) is 0 Å². The second-order valence-corrected chi connectivity index (χ2v) is 15.1. The fraction of sp³-hybridized carbons (Fsp3) is 0. The molecule has 4 heterocycles. The number of furan rings is 2. The van der Waals surface area contributed by atoms with Crippen LogP contribution in [-0.2, 0) is 0 Å². The lowest BCUT2D eigenvalue weighted by Gasteiger charge is -2.09. The molecule has 62 heavy (non-hydrogen) atoms. The van der Waals surface area contributed by atoms with E-state index in [-0.39, 0.29) is 0 Å². The van der Waals surface area contributed by atoms with E-state index in [1.807, 2.05) is 152 Å². The van der Waals surface area contributed by atoms with Gasteiger partial charge in [0.15, 0.2) is 34.9 Å². The summed E-state index contributed by atoms with van der Waals surface area (Å²) < 4.78 is 13.2. The third-order valence-corrected chi connectivity index (χ3v) is 11.2. The van der Waals surface area contributed by atoms with E-state index < -0.39 is 0 Å². The fourth-order valence-corrected chi connectivity index (χ4v) is 8.21. The third kappa shape index (κ3) is 6.17. The average Bonchev–Trinajstić information content (AvgIpc) is 3.93. The summed E-state index contributed by atoms with van der Waals surface area (Å²) in [4.78, 5) is 29.9. The third-order valence-electron chi connectivity index (χ3n) is 11.2. The molecule has 4 aromatic heterocycles. The monoisotopic (exact) mass is 796 g/mol. The van der Waals surface area contributed by atoms with Crippen LogP contribution in [0.1, 0.15) is 0 Å². The van der Waals surface area contributed by atoms with Gasteiger partial charge in [-0.2, -0.15) is 0 Å². The van der Waals surface area contributed by atoms with Gasteiger partial charge >= 0.3 is 0 Å². The minimum Gasteiger partial charge on any atom is -0.456 e. The van der Waals surface area contributed by atoms with Gasteiger partial charge in [0.2, 0.25) is 0 Å². The zero-order valence-electron chi connectivity index (χ0n) is 33.0. The fourth-order valence-electron chi connectivity index (χ4n) is 8.21. The molecule has 0 atom stereocenters. The Morgan fingerprint density at radius 3 is 1.24 bits per heavy atom. The van der Waals surface area contributed by atoms with Crippen molar-refractivity contribution in [2.45, 2.75) is 0 Å². The van der Waals surface area contributed by atoms with Crippen LogP contribution in [0, 0.1) is 0 Å². The van der Waals surface area contributed by atoms with Gasteiger partial charge in [0, 0.05) is 60.5 Å². The van der Waals surface area contributed by atoms with Gasteiger partial charge < -0.3 is 8.83 Å². The summed E-state index contributed by atoms with van der Waals surface area (Å²) >= 11 is 0. The van der Waals surface area contributed by atoms with Gasteiger partial charge in [-0.3, -0.25) is 0 Å². The van der Waals surface area contributed by atoms with E-state index in [2.05, 4.69) is 42.5 Å². The van der Waals surface area contributed by atoms with Crippen LogP contribution in [0.4, 0.5) is 0 Å². The molecule has 8 aromatic carbocycles. The highest BCUT2D eigenvalue weighted by atomic mass is 16.3. The molecule has 0 amide bonds. The van der Waals surface area contributed by atoms with Crippen LogP contribution in [0.15, 0.2) is 203 Å². The van der Waals surface area contributed by atoms with Crippen molar-refractivity contribution in [2.24, 2.45) is 0 Å². The van der Waals surface area contributed by atoms with E-state index in [0.717, 1.165) is 88.4 Å². The first kappa shape index (κ1) is 35.3. The average molecular weight is 797 g/mol. The van der Waals surface area contributed by atoms with Crippen LogP contribution >= 0.6 is 0 Å². The zero-order valence-corrected chi connectivity index (χ0v) is 33.0. The molecular weight excluding hydrogens is 765 g/mol. The van der Waals surface area contributed by atoms with Gasteiger partial charge in [0.1, 0.15) is 22.3 Å². The van der Waals surface area contributed by atoms with Gasteiger partial charge in [-0.05, 0) is 42.0 Å². The summed E-state index contributed by atoms with van der Waals surface area (Å²) in [6, 6.07) is 64.8. The summed E-state index contributed by atoms with van der Waals surface area (Å²) in [5.74, 6) is 3.58. The summed E-state index contributed by atoms with van der Waals surface area (Å²) in [5.41, 5.74) is 10.4. The number of rotatable bonds is 7. The first-order valence-electron chi connectivity index (χ1n) is 20.4. The molecule has 0 aliphatic rings. The van der Waals surface area contributed by atoms with Crippen LogP contribution in [0.25, 0.3) is 123 Å². The molecule has 0 fully saturated rings. The Kier molecular flexibility index (Phi) is 8.31. The van der Waals surface area contributed by atoms with Crippen LogP contribution < -0.4 is 0 Å².